The minimum atomic E-state index is -0.209. The Balaban J connectivity index is 1.87. The normalized spacial score (nSPS) is 22.2. The Morgan fingerprint density at radius 3 is 2.90 bits per heavy atom. The van der Waals surface area contributed by atoms with Crippen molar-refractivity contribution in [3.63, 3.8) is 0 Å². The first-order chi connectivity index (χ1) is 9.58. The van der Waals surface area contributed by atoms with Crippen molar-refractivity contribution < 1.29 is 0 Å². The molecule has 1 aliphatic rings. The molecule has 2 N–H and O–H groups in total. The summed E-state index contributed by atoms with van der Waals surface area (Å²) in [5.74, 6) is 0. The summed E-state index contributed by atoms with van der Waals surface area (Å²) in [6.45, 7) is 2.82. The van der Waals surface area contributed by atoms with Crippen LogP contribution in [0.25, 0.3) is 0 Å². The topological polar surface area (TPSA) is 44.0 Å². The molecule has 0 radical (unpaired) electrons. The van der Waals surface area contributed by atoms with Gasteiger partial charge in [-0.3, -0.25) is 10.4 Å². The molecular weight excluding hydrogens is 387 g/mol. The average molecular weight is 401 g/mol. The van der Waals surface area contributed by atoms with Gasteiger partial charge in [0.25, 0.3) is 0 Å². The zero-order valence-electron chi connectivity index (χ0n) is 10.9. The Morgan fingerprint density at radius 1 is 1.45 bits per heavy atom. The second-order valence-corrected chi connectivity index (χ2v) is 6.56. The van der Waals surface area contributed by atoms with Crippen LogP contribution in [0.2, 0.25) is 5.02 Å². The highest BCUT2D eigenvalue weighted by Gasteiger charge is 2.28. The summed E-state index contributed by atoms with van der Waals surface area (Å²) in [6.07, 6.45) is 7.93. The van der Waals surface area contributed by atoms with Crippen LogP contribution in [0.4, 0.5) is 5.69 Å². The Hall–Kier alpha value is -1.05. The van der Waals surface area contributed by atoms with Crippen molar-refractivity contribution in [1.82, 2.24) is 15.5 Å². The van der Waals surface area contributed by atoms with Gasteiger partial charge < -0.3 is 4.90 Å². The van der Waals surface area contributed by atoms with Crippen LogP contribution in [0.5, 0.6) is 0 Å². The third kappa shape index (κ3) is 2.57. The monoisotopic (exact) mass is 400 g/mol. The van der Waals surface area contributed by atoms with Crippen molar-refractivity contribution >= 4 is 39.9 Å². The Kier molecular flexibility index (Phi) is 3.74. The average Bonchev–Trinajstić information content (AvgIpc) is 2.95. The van der Waals surface area contributed by atoms with Crippen LogP contribution in [-0.4, -0.2) is 16.9 Å². The highest BCUT2D eigenvalue weighted by Crippen LogP contribution is 2.31. The molecule has 2 aromatic rings. The summed E-state index contributed by atoms with van der Waals surface area (Å²) < 4.78 is 1.13. The third-order valence-corrected chi connectivity index (χ3v) is 4.50. The number of nitrogens with one attached hydrogen (secondary N) is 2. The zero-order chi connectivity index (χ0) is 14.2. The van der Waals surface area contributed by atoms with E-state index in [4.69, 9.17) is 11.6 Å². The molecule has 0 aliphatic carbocycles. The van der Waals surface area contributed by atoms with Crippen molar-refractivity contribution in [2.24, 2.45) is 0 Å². The second-order valence-electron chi connectivity index (χ2n) is 4.91. The fourth-order valence-corrected chi connectivity index (χ4v) is 3.18. The van der Waals surface area contributed by atoms with Crippen molar-refractivity contribution in [1.29, 1.82) is 0 Å². The molecule has 1 aromatic heterocycles. The van der Waals surface area contributed by atoms with Gasteiger partial charge in [-0.1, -0.05) is 11.6 Å². The largest absolute Gasteiger partial charge is 0.334 e. The van der Waals surface area contributed by atoms with Crippen LogP contribution < -0.4 is 10.2 Å². The van der Waals surface area contributed by atoms with E-state index in [-0.39, 0.29) is 5.54 Å². The van der Waals surface area contributed by atoms with E-state index in [1.807, 2.05) is 24.5 Å². The van der Waals surface area contributed by atoms with E-state index in [2.05, 4.69) is 68.3 Å². The smallest absolute Gasteiger partial charge is 0.0735 e. The van der Waals surface area contributed by atoms with Gasteiger partial charge in [0.1, 0.15) is 0 Å². The van der Waals surface area contributed by atoms with Crippen molar-refractivity contribution in [3.05, 3.63) is 57.0 Å². The molecule has 0 bridgehead atoms. The van der Waals surface area contributed by atoms with Crippen molar-refractivity contribution in [2.45, 2.75) is 12.5 Å². The van der Waals surface area contributed by atoms with Gasteiger partial charge in [0.15, 0.2) is 0 Å². The molecule has 104 valence electrons. The van der Waals surface area contributed by atoms with Crippen molar-refractivity contribution in [2.75, 3.05) is 11.6 Å². The van der Waals surface area contributed by atoms with Crippen LogP contribution in [0.15, 0.2) is 42.9 Å². The molecule has 0 unspecified atom stereocenters. The van der Waals surface area contributed by atoms with E-state index >= 15 is 0 Å². The zero-order valence-corrected chi connectivity index (χ0v) is 13.8. The van der Waals surface area contributed by atoms with Gasteiger partial charge >= 0.3 is 0 Å². The van der Waals surface area contributed by atoms with Gasteiger partial charge in [-0.15, -0.1) is 0 Å². The molecule has 0 fully saturated rings. The lowest BCUT2D eigenvalue weighted by atomic mass is 9.94. The fourth-order valence-electron chi connectivity index (χ4n) is 2.21. The number of aromatic amines is 1. The lowest BCUT2D eigenvalue weighted by molar-refractivity contribution is 0.441. The molecule has 3 rings (SSSR count). The van der Waals surface area contributed by atoms with E-state index < -0.39 is 0 Å². The highest BCUT2D eigenvalue weighted by atomic mass is 127. The Morgan fingerprint density at radius 2 is 2.30 bits per heavy atom. The van der Waals surface area contributed by atoms with Gasteiger partial charge in [-0.2, -0.15) is 5.10 Å². The Labute approximate surface area is 136 Å². The number of aromatic nitrogens is 2. The molecule has 1 aromatic carbocycles. The van der Waals surface area contributed by atoms with Crippen LogP contribution >= 0.6 is 34.2 Å². The summed E-state index contributed by atoms with van der Waals surface area (Å²) in [5, 5.41) is 11.1. The molecule has 4 nitrogen and oxygen atoms in total. The van der Waals surface area contributed by atoms with E-state index in [0.717, 1.165) is 19.8 Å². The molecular formula is C14H14ClIN4. The fraction of sp³-hybridized carbons (Fsp3) is 0.214. The predicted octanol–water partition coefficient (Wildman–Crippen LogP) is 3.46. The Bertz CT molecular complexity index is 641. The first-order valence-corrected chi connectivity index (χ1v) is 7.69. The summed E-state index contributed by atoms with van der Waals surface area (Å²) in [5.41, 5.74) is 1.91. The minimum absolute atomic E-state index is 0.209. The third-order valence-electron chi connectivity index (χ3n) is 3.52. The maximum absolute atomic E-state index is 6.31. The molecule has 1 aliphatic heterocycles. The number of halogens is 2. The number of rotatable bonds is 2. The van der Waals surface area contributed by atoms with Gasteiger partial charge in [0.2, 0.25) is 0 Å². The molecule has 0 spiro atoms. The summed E-state index contributed by atoms with van der Waals surface area (Å²) in [6, 6.07) is 6.06. The molecule has 6 heteroatoms. The van der Waals surface area contributed by atoms with Crippen LogP contribution in [0, 0.1) is 3.57 Å². The molecule has 0 saturated carbocycles. The molecule has 20 heavy (non-hydrogen) atoms. The maximum atomic E-state index is 6.31. The molecule has 2 heterocycles. The molecule has 0 amide bonds. The van der Waals surface area contributed by atoms with Crippen LogP contribution in [0.3, 0.4) is 0 Å². The number of anilines is 1. The first-order valence-electron chi connectivity index (χ1n) is 6.24. The number of hydrogen-bond donors (Lipinski definition) is 2. The van der Waals surface area contributed by atoms with Gasteiger partial charge in [-0.25, -0.2) is 0 Å². The summed E-state index contributed by atoms with van der Waals surface area (Å²) in [4.78, 5) is 2.10. The molecule has 1 atom stereocenters. The minimum Gasteiger partial charge on any atom is -0.334 e. The molecule has 0 saturated heterocycles. The number of nitrogens with zero attached hydrogens (tertiary/aromatic N) is 2. The predicted molar refractivity (Wildman–Crippen MR) is 89.7 cm³/mol. The van der Waals surface area contributed by atoms with E-state index in [1.165, 1.54) is 0 Å². The van der Waals surface area contributed by atoms with E-state index in [0.29, 0.717) is 6.67 Å². The van der Waals surface area contributed by atoms with E-state index in [1.54, 1.807) is 0 Å². The second kappa shape index (κ2) is 5.38. The lowest BCUT2D eigenvalue weighted by Crippen LogP contribution is -2.47. The van der Waals surface area contributed by atoms with Crippen molar-refractivity contribution in [3.8, 4) is 0 Å². The summed E-state index contributed by atoms with van der Waals surface area (Å²) >= 11 is 8.57. The number of hydrogen-bond acceptors (Lipinski definition) is 3. The first kappa shape index (κ1) is 13.9. The SMILES string of the molecule is C[C@@]1(c2cn[nH]c2)C=CN(c2ccc(I)cc2Cl)CN1. The summed E-state index contributed by atoms with van der Waals surface area (Å²) in [7, 11) is 0. The van der Waals surface area contributed by atoms with Crippen LogP contribution in [0.1, 0.15) is 12.5 Å². The van der Waals surface area contributed by atoms with E-state index in [9.17, 15) is 0 Å². The lowest BCUT2D eigenvalue weighted by Gasteiger charge is -2.36. The standard InChI is InChI=1S/C14H14ClIN4/c1-14(10-7-18-19-8-10)4-5-20(9-17-14)13-3-2-11(16)6-12(13)15/h2-8,17H,9H2,1H3,(H,18,19)/t14-/m0/s1. The van der Waals surface area contributed by atoms with Gasteiger partial charge in [0.05, 0.1) is 29.1 Å². The highest BCUT2D eigenvalue weighted by molar-refractivity contribution is 14.1. The number of H-pyrrole nitrogens is 1. The quantitative estimate of drug-likeness (QED) is 0.759. The van der Waals surface area contributed by atoms with Gasteiger partial charge in [-0.05, 0) is 53.8 Å². The van der Waals surface area contributed by atoms with Gasteiger partial charge in [0, 0.05) is 21.5 Å². The van der Waals surface area contributed by atoms with Crippen LogP contribution in [-0.2, 0) is 5.54 Å². The maximum Gasteiger partial charge on any atom is 0.0735 e. The number of benzene rings is 1.